The second-order valence-corrected chi connectivity index (χ2v) is 7.26. The highest BCUT2D eigenvalue weighted by Gasteiger charge is 2.36. The van der Waals surface area contributed by atoms with Crippen LogP contribution in [0.2, 0.25) is 0 Å². The fourth-order valence-electron chi connectivity index (χ4n) is 3.70. The Balaban J connectivity index is 1.91. The number of hydrogen-bond donors (Lipinski definition) is 1. The van der Waals surface area contributed by atoms with Crippen LogP contribution in [0.25, 0.3) is 0 Å². The van der Waals surface area contributed by atoms with Crippen LogP contribution in [0.5, 0.6) is 0 Å². The van der Waals surface area contributed by atoms with Crippen LogP contribution in [0.1, 0.15) is 44.1 Å². The Morgan fingerprint density at radius 2 is 2.00 bits per heavy atom. The van der Waals surface area contributed by atoms with E-state index in [1.54, 1.807) is 0 Å². The molecule has 0 aromatic carbocycles. The molecule has 3 nitrogen and oxygen atoms in total. The fourth-order valence-corrected chi connectivity index (χ4v) is 3.70. The van der Waals surface area contributed by atoms with Gasteiger partial charge in [-0.05, 0) is 50.3 Å². The molecule has 2 heterocycles. The molecular weight excluding hydrogens is 222 g/mol. The maximum atomic E-state index is 4.61. The van der Waals surface area contributed by atoms with Crippen molar-refractivity contribution < 1.29 is 0 Å². The average Bonchev–Trinajstić information content (AvgIpc) is 2.68. The van der Waals surface area contributed by atoms with Gasteiger partial charge in [-0.15, -0.1) is 0 Å². The fraction of sp³-hybridized carbons (Fsp3) is 0.800. The summed E-state index contributed by atoms with van der Waals surface area (Å²) in [6.07, 6.45) is 3.80. The van der Waals surface area contributed by atoms with E-state index < -0.39 is 0 Å². The molecule has 1 aromatic rings. The number of hydrogen-bond acceptors (Lipinski definition) is 2. The Morgan fingerprint density at radius 1 is 1.22 bits per heavy atom. The summed E-state index contributed by atoms with van der Waals surface area (Å²) in [6, 6.07) is 0. The quantitative estimate of drug-likeness (QED) is 0.763. The van der Waals surface area contributed by atoms with Crippen LogP contribution in [-0.4, -0.2) is 35.2 Å². The second-order valence-electron chi connectivity index (χ2n) is 7.26. The van der Waals surface area contributed by atoms with Gasteiger partial charge in [0.25, 0.3) is 0 Å². The summed E-state index contributed by atoms with van der Waals surface area (Å²) in [4.78, 5) is 2.49. The number of H-pyrrole nitrogens is 1. The normalized spacial score (nSPS) is 28.9. The van der Waals surface area contributed by atoms with E-state index in [-0.39, 0.29) is 5.41 Å². The van der Waals surface area contributed by atoms with E-state index in [4.69, 9.17) is 0 Å². The molecule has 1 aliphatic heterocycles. The minimum Gasteiger partial charge on any atom is -0.306 e. The van der Waals surface area contributed by atoms with Gasteiger partial charge in [0.15, 0.2) is 0 Å². The molecule has 0 amide bonds. The number of aromatic amines is 1. The van der Waals surface area contributed by atoms with Crippen molar-refractivity contribution in [3.05, 3.63) is 17.0 Å². The molecular formula is C15H25N3. The number of likely N-dealkylation sites (tertiary alicyclic amines) is 1. The van der Waals surface area contributed by atoms with Crippen LogP contribution in [0.15, 0.2) is 0 Å². The third-order valence-electron chi connectivity index (χ3n) is 4.69. The van der Waals surface area contributed by atoms with Crippen molar-refractivity contribution in [1.82, 2.24) is 15.1 Å². The zero-order valence-corrected chi connectivity index (χ0v) is 12.1. The maximum Gasteiger partial charge on any atom is 0.0710 e. The second kappa shape index (κ2) is 4.09. The molecule has 0 spiro atoms. The predicted octanol–water partition coefficient (Wildman–Crippen LogP) is 2.37. The predicted molar refractivity (Wildman–Crippen MR) is 73.8 cm³/mol. The lowest BCUT2D eigenvalue weighted by Gasteiger charge is -2.40. The largest absolute Gasteiger partial charge is 0.306 e. The zero-order chi connectivity index (χ0) is 12.9. The molecule has 0 saturated carbocycles. The molecule has 1 aliphatic carbocycles. The number of nitrogens with one attached hydrogen (secondary N) is 1. The summed E-state index contributed by atoms with van der Waals surface area (Å²) >= 11 is 0. The molecule has 0 unspecified atom stereocenters. The molecule has 0 bridgehead atoms. The molecule has 0 radical (unpaired) electrons. The lowest BCUT2D eigenvalue weighted by atomic mass is 9.72. The molecule has 1 aromatic heterocycles. The molecule has 1 N–H and O–H groups in total. The van der Waals surface area contributed by atoms with Crippen molar-refractivity contribution in [2.45, 2.75) is 45.4 Å². The van der Waals surface area contributed by atoms with Gasteiger partial charge in [0.05, 0.1) is 5.69 Å². The Morgan fingerprint density at radius 3 is 2.72 bits per heavy atom. The monoisotopic (exact) mass is 247 g/mol. The highest BCUT2D eigenvalue weighted by atomic mass is 15.1. The third-order valence-corrected chi connectivity index (χ3v) is 4.69. The van der Waals surface area contributed by atoms with Crippen LogP contribution in [-0.2, 0) is 18.3 Å². The number of rotatable bonds is 0. The third kappa shape index (κ3) is 1.99. The lowest BCUT2D eigenvalue weighted by molar-refractivity contribution is 0.133. The van der Waals surface area contributed by atoms with Crippen molar-refractivity contribution in [1.29, 1.82) is 0 Å². The Kier molecular flexibility index (Phi) is 2.77. The summed E-state index contributed by atoms with van der Waals surface area (Å²) in [5.41, 5.74) is 4.41. The van der Waals surface area contributed by atoms with Gasteiger partial charge in [-0.25, -0.2) is 0 Å². The first-order valence-corrected chi connectivity index (χ1v) is 7.20. The van der Waals surface area contributed by atoms with Crippen molar-refractivity contribution >= 4 is 0 Å². The topological polar surface area (TPSA) is 31.9 Å². The van der Waals surface area contributed by atoms with E-state index in [1.807, 2.05) is 0 Å². The van der Waals surface area contributed by atoms with Gasteiger partial charge in [-0.1, -0.05) is 20.8 Å². The van der Waals surface area contributed by atoms with Crippen LogP contribution in [0.4, 0.5) is 0 Å². The van der Waals surface area contributed by atoms with Crippen molar-refractivity contribution in [2.75, 3.05) is 20.1 Å². The van der Waals surface area contributed by atoms with E-state index in [0.717, 1.165) is 11.8 Å². The number of aromatic nitrogens is 2. The molecule has 3 heteroatoms. The van der Waals surface area contributed by atoms with E-state index in [9.17, 15) is 0 Å². The Bertz CT molecular complexity index is 441. The standard InChI is InChI=1S/C15H25N3/c1-15(2,3)14-12-7-11-9-18(4)6-5-10(11)8-13(12)16-17-14/h10-11H,5-9H2,1-4H3,(H,16,17)/t10-,11+/m1/s1. The molecule has 2 atom stereocenters. The molecule has 100 valence electrons. The van der Waals surface area contributed by atoms with Crippen molar-refractivity contribution in [3.63, 3.8) is 0 Å². The summed E-state index contributed by atoms with van der Waals surface area (Å²) in [7, 11) is 2.26. The van der Waals surface area contributed by atoms with Crippen molar-refractivity contribution in [2.24, 2.45) is 11.8 Å². The number of fused-ring (bicyclic) bond motifs is 2. The summed E-state index contributed by atoms with van der Waals surface area (Å²) in [5, 5.41) is 7.92. The van der Waals surface area contributed by atoms with Crippen molar-refractivity contribution in [3.8, 4) is 0 Å². The first-order chi connectivity index (χ1) is 8.45. The minimum absolute atomic E-state index is 0.164. The first-order valence-electron chi connectivity index (χ1n) is 7.20. The molecule has 18 heavy (non-hydrogen) atoms. The molecule has 1 fully saturated rings. The van der Waals surface area contributed by atoms with Gasteiger partial charge in [-0.2, -0.15) is 5.10 Å². The van der Waals surface area contributed by atoms with Crippen LogP contribution >= 0.6 is 0 Å². The van der Waals surface area contributed by atoms with Gasteiger partial charge in [0.1, 0.15) is 0 Å². The van der Waals surface area contributed by atoms with Gasteiger partial charge in [0.2, 0.25) is 0 Å². The first kappa shape index (κ1) is 12.2. The van der Waals surface area contributed by atoms with E-state index >= 15 is 0 Å². The molecule has 2 aliphatic rings. The van der Waals surface area contributed by atoms with E-state index in [0.29, 0.717) is 0 Å². The number of piperidine rings is 1. The molecule has 3 rings (SSSR count). The van der Waals surface area contributed by atoms with Crippen LogP contribution < -0.4 is 0 Å². The van der Waals surface area contributed by atoms with Gasteiger partial charge in [-0.3, -0.25) is 5.10 Å². The molecule has 1 saturated heterocycles. The number of nitrogens with zero attached hydrogens (tertiary/aromatic N) is 2. The highest BCUT2D eigenvalue weighted by molar-refractivity contribution is 5.33. The van der Waals surface area contributed by atoms with Gasteiger partial charge < -0.3 is 4.90 Å². The SMILES string of the molecule is CN1CC[C@@H]2Cc3[nH]nc(C(C)(C)C)c3C[C@H]2C1. The van der Waals surface area contributed by atoms with Gasteiger partial charge in [0, 0.05) is 17.7 Å². The minimum atomic E-state index is 0.164. The maximum absolute atomic E-state index is 4.61. The Hall–Kier alpha value is -0.830. The summed E-state index contributed by atoms with van der Waals surface area (Å²) in [6.45, 7) is 9.32. The lowest BCUT2D eigenvalue weighted by Crippen LogP contribution is -2.42. The summed E-state index contributed by atoms with van der Waals surface area (Å²) in [5.74, 6) is 1.72. The summed E-state index contributed by atoms with van der Waals surface area (Å²) < 4.78 is 0. The zero-order valence-electron chi connectivity index (χ0n) is 12.1. The Labute approximate surface area is 110 Å². The van der Waals surface area contributed by atoms with E-state index in [1.165, 1.54) is 49.3 Å². The van der Waals surface area contributed by atoms with Gasteiger partial charge >= 0.3 is 0 Å². The smallest absolute Gasteiger partial charge is 0.0710 e. The average molecular weight is 247 g/mol. The van der Waals surface area contributed by atoms with E-state index in [2.05, 4.69) is 42.9 Å². The van der Waals surface area contributed by atoms with Crippen LogP contribution in [0.3, 0.4) is 0 Å². The van der Waals surface area contributed by atoms with Crippen LogP contribution in [0, 0.1) is 11.8 Å². The highest BCUT2D eigenvalue weighted by Crippen LogP contribution is 2.38.